The molecule has 2 unspecified atom stereocenters. The summed E-state index contributed by atoms with van der Waals surface area (Å²) in [5, 5.41) is 3.68. The van der Waals surface area contributed by atoms with Crippen molar-refractivity contribution in [2.24, 2.45) is 5.92 Å². The van der Waals surface area contributed by atoms with Crippen LogP contribution in [-0.2, 0) is 0 Å². The van der Waals surface area contributed by atoms with Crippen molar-refractivity contribution in [3.8, 4) is 0 Å². The second-order valence-electron chi connectivity index (χ2n) is 4.57. The van der Waals surface area contributed by atoms with Gasteiger partial charge in [0.2, 0.25) is 0 Å². The number of benzene rings is 1. The molecule has 1 nitrogen and oxygen atoms in total. The van der Waals surface area contributed by atoms with Crippen LogP contribution < -0.4 is 5.32 Å². The second kappa shape index (κ2) is 4.83. The third-order valence-electron chi connectivity index (χ3n) is 3.21. The number of rotatable bonds is 4. The molecule has 0 aliphatic heterocycles. The van der Waals surface area contributed by atoms with Crippen LogP contribution in [0.15, 0.2) is 24.3 Å². The molecule has 1 aromatic rings. The molecule has 0 aromatic heterocycles. The highest BCUT2D eigenvalue weighted by Gasteiger charge is 2.28. The Morgan fingerprint density at radius 3 is 2.33 bits per heavy atom. The smallest absolute Gasteiger partial charge is 0.0294 e. The van der Waals surface area contributed by atoms with Gasteiger partial charge < -0.3 is 5.32 Å². The summed E-state index contributed by atoms with van der Waals surface area (Å²) in [5.41, 5.74) is 1.39. The Bertz CT molecular complexity index is 316. The van der Waals surface area contributed by atoms with Gasteiger partial charge in [0.1, 0.15) is 0 Å². The van der Waals surface area contributed by atoms with Crippen molar-refractivity contribution >= 4 is 22.6 Å². The molecule has 0 radical (unpaired) electrons. The topological polar surface area (TPSA) is 12.0 Å². The SMILES string of the molecule is CC(NC(C)C1CC1)c1ccc(I)cc1. The van der Waals surface area contributed by atoms with Crippen LogP contribution in [-0.4, -0.2) is 6.04 Å². The second-order valence-corrected chi connectivity index (χ2v) is 5.81. The normalized spacial score (nSPS) is 19.9. The van der Waals surface area contributed by atoms with Crippen LogP contribution in [0.5, 0.6) is 0 Å². The van der Waals surface area contributed by atoms with Gasteiger partial charge in [-0.15, -0.1) is 0 Å². The van der Waals surface area contributed by atoms with Gasteiger partial charge in [-0.25, -0.2) is 0 Å². The van der Waals surface area contributed by atoms with E-state index in [1.807, 2.05) is 0 Å². The van der Waals surface area contributed by atoms with E-state index in [-0.39, 0.29) is 0 Å². The van der Waals surface area contributed by atoms with E-state index in [2.05, 4.69) is 66.0 Å². The highest BCUT2D eigenvalue weighted by atomic mass is 127. The van der Waals surface area contributed by atoms with Crippen LogP contribution in [0.4, 0.5) is 0 Å². The van der Waals surface area contributed by atoms with Crippen LogP contribution in [0.3, 0.4) is 0 Å². The summed E-state index contributed by atoms with van der Waals surface area (Å²) in [6, 6.07) is 9.93. The van der Waals surface area contributed by atoms with Gasteiger partial charge >= 0.3 is 0 Å². The van der Waals surface area contributed by atoms with E-state index >= 15 is 0 Å². The Labute approximate surface area is 106 Å². The maximum absolute atomic E-state index is 3.68. The summed E-state index contributed by atoms with van der Waals surface area (Å²) in [4.78, 5) is 0. The van der Waals surface area contributed by atoms with Gasteiger partial charge in [0.15, 0.2) is 0 Å². The molecule has 1 aromatic carbocycles. The first kappa shape index (κ1) is 11.4. The molecule has 1 saturated carbocycles. The van der Waals surface area contributed by atoms with Crippen molar-refractivity contribution in [1.29, 1.82) is 0 Å². The predicted molar refractivity (Wildman–Crippen MR) is 72.9 cm³/mol. The van der Waals surface area contributed by atoms with E-state index in [1.165, 1.54) is 22.0 Å². The van der Waals surface area contributed by atoms with E-state index in [4.69, 9.17) is 0 Å². The maximum Gasteiger partial charge on any atom is 0.0294 e. The molecule has 1 fully saturated rings. The molecule has 15 heavy (non-hydrogen) atoms. The molecule has 0 heterocycles. The lowest BCUT2D eigenvalue weighted by atomic mass is 10.1. The van der Waals surface area contributed by atoms with Gasteiger partial charge in [-0.1, -0.05) is 12.1 Å². The van der Waals surface area contributed by atoms with E-state index in [0.29, 0.717) is 12.1 Å². The Kier molecular flexibility index (Phi) is 3.67. The summed E-state index contributed by atoms with van der Waals surface area (Å²) in [6.45, 7) is 4.56. The highest BCUT2D eigenvalue weighted by Crippen LogP contribution is 2.33. The molecule has 1 aliphatic carbocycles. The largest absolute Gasteiger partial charge is 0.307 e. The maximum atomic E-state index is 3.68. The van der Waals surface area contributed by atoms with E-state index < -0.39 is 0 Å². The highest BCUT2D eigenvalue weighted by molar-refractivity contribution is 14.1. The third-order valence-corrected chi connectivity index (χ3v) is 3.93. The first-order valence-corrected chi connectivity index (χ1v) is 6.76. The lowest BCUT2D eigenvalue weighted by Gasteiger charge is -2.20. The van der Waals surface area contributed by atoms with Crippen LogP contribution in [0.1, 0.15) is 38.3 Å². The van der Waals surface area contributed by atoms with Crippen molar-refractivity contribution in [2.45, 2.75) is 38.8 Å². The predicted octanol–water partition coefficient (Wildman–Crippen LogP) is 3.74. The van der Waals surface area contributed by atoms with E-state index in [1.54, 1.807) is 0 Å². The standard InChI is InChI=1S/C13H18IN/c1-9(11-3-4-11)15-10(2)12-5-7-13(14)8-6-12/h5-11,15H,3-4H2,1-2H3. The van der Waals surface area contributed by atoms with Crippen LogP contribution >= 0.6 is 22.6 Å². The quantitative estimate of drug-likeness (QED) is 0.835. The molecular weight excluding hydrogens is 297 g/mol. The lowest BCUT2D eigenvalue weighted by Crippen LogP contribution is -2.30. The van der Waals surface area contributed by atoms with Crippen LogP contribution in [0.25, 0.3) is 0 Å². The molecular formula is C13H18IN. The third kappa shape index (κ3) is 3.18. The minimum absolute atomic E-state index is 0.470. The van der Waals surface area contributed by atoms with Gasteiger partial charge in [-0.05, 0) is 72.9 Å². The van der Waals surface area contributed by atoms with Crippen molar-refractivity contribution < 1.29 is 0 Å². The monoisotopic (exact) mass is 315 g/mol. The van der Waals surface area contributed by atoms with Crippen molar-refractivity contribution in [3.63, 3.8) is 0 Å². The van der Waals surface area contributed by atoms with Gasteiger partial charge in [0, 0.05) is 15.7 Å². The first-order chi connectivity index (χ1) is 7.16. The Hall–Kier alpha value is -0.0900. The fourth-order valence-electron chi connectivity index (χ4n) is 1.97. The molecule has 82 valence electrons. The van der Waals surface area contributed by atoms with Gasteiger partial charge in [0.25, 0.3) is 0 Å². The lowest BCUT2D eigenvalue weighted by molar-refractivity contribution is 0.441. The molecule has 0 spiro atoms. The summed E-state index contributed by atoms with van der Waals surface area (Å²) in [7, 11) is 0. The van der Waals surface area contributed by atoms with E-state index in [0.717, 1.165) is 5.92 Å². The van der Waals surface area contributed by atoms with E-state index in [9.17, 15) is 0 Å². The van der Waals surface area contributed by atoms with Gasteiger partial charge in [-0.3, -0.25) is 0 Å². The minimum Gasteiger partial charge on any atom is -0.307 e. The average molecular weight is 315 g/mol. The summed E-state index contributed by atoms with van der Waals surface area (Å²) in [6.07, 6.45) is 2.82. The number of nitrogens with one attached hydrogen (secondary N) is 1. The van der Waals surface area contributed by atoms with Crippen molar-refractivity contribution in [1.82, 2.24) is 5.32 Å². The summed E-state index contributed by atoms with van der Waals surface area (Å²) < 4.78 is 1.30. The fraction of sp³-hybridized carbons (Fsp3) is 0.538. The molecule has 0 amide bonds. The summed E-state index contributed by atoms with van der Waals surface area (Å²) >= 11 is 2.35. The Morgan fingerprint density at radius 2 is 1.80 bits per heavy atom. The molecule has 0 bridgehead atoms. The van der Waals surface area contributed by atoms with Gasteiger partial charge in [-0.2, -0.15) is 0 Å². The Balaban J connectivity index is 1.94. The molecule has 2 rings (SSSR count). The fourth-order valence-corrected chi connectivity index (χ4v) is 2.33. The van der Waals surface area contributed by atoms with Crippen LogP contribution in [0.2, 0.25) is 0 Å². The number of hydrogen-bond donors (Lipinski definition) is 1. The number of hydrogen-bond acceptors (Lipinski definition) is 1. The summed E-state index contributed by atoms with van der Waals surface area (Å²) in [5.74, 6) is 0.927. The van der Waals surface area contributed by atoms with Crippen molar-refractivity contribution in [3.05, 3.63) is 33.4 Å². The number of halogens is 1. The molecule has 0 saturated heterocycles. The molecule has 1 N–H and O–H groups in total. The van der Waals surface area contributed by atoms with Gasteiger partial charge in [0.05, 0.1) is 0 Å². The first-order valence-electron chi connectivity index (χ1n) is 5.68. The Morgan fingerprint density at radius 1 is 1.20 bits per heavy atom. The molecule has 1 aliphatic rings. The zero-order valence-electron chi connectivity index (χ0n) is 9.33. The van der Waals surface area contributed by atoms with Crippen LogP contribution in [0, 0.1) is 9.49 Å². The zero-order valence-corrected chi connectivity index (χ0v) is 11.5. The average Bonchev–Trinajstić information content (AvgIpc) is 3.01. The molecule has 2 heteroatoms. The van der Waals surface area contributed by atoms with Crippen molar-refractivity contribution in [2.75, 3.05) is 0 Å². The molecule has 2 atom stereocenters. The minimum atomic E-state index is 0.470. The zero-order chi connectivity index (χ0) is 10.8.